The number of nitrogens with one attached hydrogen (secondary N) is 2. The van der Waals surface area contributed by atoms with Crippen molar-refractivity contribution in [2.45, 2.75) is 23.9 Å². The van der Waals surface area contributed by atoms with Crippen LogP contribution in [-0.2, 0) is 28.8 Å². The molecular weight excluding hydrogens is 748 g/mol. The largest absolute Gasteiger partial charge is 0.543 e. The molecule has 4 amide bonds. The van der Waals surface area contributed by atoms with Gasteiger partial charge in [-0.25, -0.2) is 14.2 Å². The Kier molecular flexibility index (Phi) is 10.7. The third-order valence-corrected chi connectivity index (χ3v) is 11.3. The van der Waals surface area contributed by atoms with E-state index in [-0.39, 0.29) is 59.0 Å². The number of carbonyl (C=O) groups is 5. The molecule has 0 aliphatic carbocycles. The molecule has 6 rings (SSSR count). The van der Waals surface area contributed by atoms with Gasteiger partial charge in [-0.1, -0.05) is 5.16 Å². The van der Waals surface area contributed by atoms with Gasteiger partial charge in [-0.3, -0.25) is 24.2 Å². The number of halogens is 3. The van der Waals surface area contributed by atoms with Crippen LogP contribution in [-0.4, -0.2) is 140 Å². The van der Waals surface area contributed by atoms with Gasteiger partial charge in [0.1, 0.15) is 42.7 Å². The van der Waals surface area contributed by atoms with Crippen molar-refractivity contribution in [1.29, 1.82) is 0 Å². The molecule has 4 N–H and O–H groups in total. The zero-order chi connectivity index (χ0) is 38.2. The highest BCUT2D eigenvalue weighted by molar-refractivity contribution is 8.00. The molecule has 17 nitrogen and oxygen atoms in total. The molecular formula is C31H34F3N9O8S2. The van der Waals surface area contributed by atoms with Gasteiger partial charge in [0.15, 0.2) is 10.8 Å². The number of carboxylic acids is 1. The predicted molar refractivity (Wildman–Crippen MR) is 183 cm³/mol. The molecule has 4 aliphatic heterocycles. The number of thioether (sulfide) groups is 1. The highest BCUT2D eigenvalue weighted by Crippen LogP contribution is 2.41. The zero-order valence-corrected chi connectivity index (χ0v) is 29.9. The summed E-state index contributed by atoms with van der Waals surface area (Å²) >= 11 is 2.40. The summed E-state index contributed by atoms with van der Waals surface area (Å²) in [5.74, 6) is -4.71. The van der Waals surface area contributed by atoms with Gasteiger partial charge in [0.25, 0.3) is 17.7 Å². The number of hydrogen-bond acceptors (Lipinski definition) is 14. The van der Waals surface area contributed by atoms with Crippen molar-refractivity contribution in [3.05, 3.63) is 46.4 Å². The van der Waals surface area contributed by atoms with Gasteiger partial charge in [0, 0.05) is 16.7 Å². The normalized spacial score (nSPS) is 22.7. The predicted octanol–water partition coefficient (Wildman–Crippen LogP) is -0.708. The number of aromatic nitrogens is 1. The Morgan fingerprint density at radius 3 is 2.60 bits per heavy atom. The van der Waals surface area contributed by atoms with Crippen LogP contribution >= 0.6 is 23.1 Å². The van der Waals surface area contributed by atoms with Gasteiger partial charge >= 0.3 is 12.5 Å². The smallest absolute Gasteiger partial charge is 0.414 e. The van der Waals surface area contributed by atoms with E-state index in [1.807, 2.05) is 17.3 Å². The maximum absolute atomic E-state index is 15.4. The number of carbonyl (C=O) groups excluding carboxylic acids is 5. The highest BCUT2D eigenvalue weighted by Gasteiger charge is 2.54. The molecule has 4 aliphatic rings. The van der Waals surface area contributed by atoms with E-state index in [0.717, 1.165) is 21.1 Å². The summed E-state index contributed by atoms with van der Waals surface area (Å²) in [6.45, 7) is 1.70. The molecule has 3 saturated heterocycles. The number of rotatable bonds is 12. The molecule has 0 saturated carbocycles. The van der Waals surface area contributed by atoms with Crippen LogP contribution in [0, 0.1) is 5.82 Å². The Morgan fingerprint density at radius 2 is 1.98 bits per heavy atom. The first-order chi connectivity index (χ1) is 25.2. The van der Waals surface area contributed by atoms with E-state index >= 15 is 4.39 Å². The quantitative estimate of drug-likeness (QED) is 0.106. The number of ether oxygens (including phenoxy) is 1. The fourth-order valence-electron chi connectivity index (χ4n) is 6.55. The molecule has 5 heterocycles. The standard InChI is InChI=1S/C31H34F3N9O8S2/c1-43(7-5-40(6-8-43)20-4-3-16(9-18(20)32)41-11-17(51-31(41)49)10-36-26(45)24(33)34)12-15-13-52-28-22(27(46)42(28)23(15)29(47)48)38-25(44)21(39-50-2)19-14-53-30(35)37-19/h3-4,9,14,17,22,24,28H,5-8,10-13H2,1-2H3,(H4-,35,36,37,38,44,45,47,48)/b39-21-/t17-,22+,28?/m0/s1. The molecule has 1 aromatic carbocycles. The highest BCUT2D eigenvalue weighted by atomic mass is 32.2. The minimum absolute atomic E-state index is 0.0743. The maximum Gasteiger partial charge on any atom is 0.414 e. The van der Waals surface area contributed by atoms with Crippen molar-refractivity contribution in [3.8, 4) is 0 Å². The number of fused-ring (bicyclic) bond motifs is 1. The van der Waals surface area contributed by atoms with Crippen LogP contribution < -0.4 is 31.3 Å². The second-order valence-corrected chi connectivity index (χ2v) is 14.8. The summed E-state index contributed by atoms with van der Waals surface area (Å²) in [6, 6.07) is 3.20. The van der Waals surface area contributed by atoms with Crippen LogP contribution in [0.2, 0.25) is 0 Å². The van der Waals surface area contributed by atoms with E-state index in [1.165, 1.54) is 42.5 Å². The molecule has 22 heteroatoms. The van der Waals surface area contributed by atoms with E-state index < -0.39 is 59.5 Å². The molecule has 0 spiro atoms. The summed E-state index contributed by atoms with van der Waals surface area (Å²) in [5, 5.41) is 21.8. The number of nitrogen functional groups attached to an aromatic ring is 1. The molecule has 3 fully saturated rings. The first kappa shape index (κ1) is 37.7. The van der Waals surface area contributed by atoms with Crippen molar-refractivity contribution in [2.24, 2.45) is 5.16 Å². The summed E-state index contributed by atoms with van der Waals surface area (Å²) in [5.41, 5.74) is 6.39. The fourth-order valence-corrected chi connectivity index (χ4v) is 8.44. The summed E-state index contributed by atoms with van der Waals surface area (Å²) in [6.07, 6.45) is -4.90. The minimum Gasteiger partial charge on any atom is -0.543 e. The Bertz CT molecular complexity index is 1890. The van der Waals surface area contributed by atoms with Gasteiger partial charge in [-0.2, -0.15) is 8.78 Å². The second-order valence-electron chi connectivity index (χ2n) is 12.8. The van der Waals surface area contributed by atoms with Gasteiger partial charge in [0.05, 0.1) is 69.4 Å². The van der Waals surface area contributed by atoms with Crippen LogP contribution in [0.5, 0.6) is 0 Å². The number of benzene rings is 1. The monoisotopic (exact) mass is 781 g/mol. The Labute approximate surface area is 308 Å². The molecule has 284 valence electrons. The summed E-state index contributed by atoms with van der Waals surface area (Å²) in [4.78, 5) is 75.2. The number of nitrogens with two attached hydrogens (primary N) is 1. The van der Waals surface area contributed by atoms with Crippen molar-refractivity contribution in [2.75, 3.05) is 81.3 Å². The van der Waals surface area contributed by atoms with E-state index in [0.29, 0.717) is 36.2 Å². The first-order valence-corrected chi connectivity index (χ1v) is 18.1. The van der Waals surface area contributed by atoms with Crippen LogP contribution in [0.15, 0.2) is 40.0 Å². The lowest BCUT2D eigenvalue weighted by molar-refractivity contribution is -0.905. The fraction of sp³-hybridized carbons (Fsp3) is 0.452. The average Bonchev–Trinajstić information content (AvgIpc) is 3.72. The Morgan fingerprint density at radius 1 is 1.25 bits per heavy atom. The lowest BCUT2D eigenvalue weighted by atomic mass is 10.0. The number of likely N-dealkylation sites (N-methyl/N-ethyl adjacent to an activating group) is 1. The van der Waals surface area contributed by atoms with Crippen molar-refractivity contribution in [3.63, 3.8) is 0 Å². The molecule has 0 radical (unpaired) electrons. The second kappa shape index (κ2) is 15.1. The van der Waals surface area contributed by atoms with E-state index in [4.69, 9.17) is 15.3 Å². The topological polar surface area (TPSA) is 212 Å². The Hall–Kier alpha value is -5.09. The number of alkyl halides is 2. The van der Waals surface area contributed by atoms with Gasteiger partial charge in [0.2, 0.25) is 0 Å². The number of carboxylic acid groups (broad SMARTS) is 1. The number of cyclic esters (lactones) is 1. The average molecular weight is 782 g/mol. The number of amides is 4. The van der Waals surface area contributed by atoms with Crippen LogP contribution in [0.3, 0.4) is 0 Å². The number of anilines is 3. The number of quaternary nitrogens is 1. The minimum atomic E-state index is -3.21. The third kappa shape index (κ3) is 7.69. The number of aliphatic carboxylic acids is 1. The number of piperazine rings is 1. The van der Waals surface area contributed by atoms with Crippen molar-refractivity contribution >= 4 is 75.1 Å². The number of nitrogens with zero attached hydrogens (tertiary/aromatic N) is 6. The SMILES string of the molecule is CO/N=C(\C(=O)N[C@@H]1C(=O)N2C(C(=O)[O-])=C(C[N+]3(C)CCN(c4ccc(N5C[C@H](CNC(=O)C(F)F)OC5=O)cc4F)CC3)CSC12)c1csc(N)n1. The van der Waals surface area contributed by atoms with Crippen LogP contribution in [0.25, 0.3) is 0 Å². The molecule has 2 aromatic rings. The first-order valence-electron chi connectivity index (χ1n) is 16.1. The summed E-state index contributed by atoms with van der Waals surface area (Å²) < 4.78 is 45.9. The third-order valence-electron chi connectivity index (χ3n) is 9.24. The van der Waals surface area contributed by atoms with Crippen LogP contribution in [0.1, 0.15) is 5.69 Å². The van der Waals surface area contributed by atoms with Crippen molar-refractivity contribution < 1.29 is 56.3 Å². The van der Waals surface area contributed by atoms with Gasteiger partial charge in [-0.15, -0.1) is 23.1 Å². The number of oxime groups is 1. The lowest BCUT2D eigenvalue weighted by Gasteiger charge is -2.51. The molecule has 3 atom stereocenters. The van der Waals surface area contributed by atoms with Gasteiger partial charge in [-0.05, 0) is 18.2 Å². The zero-order valence-electron chi connectivity index (χ0n) is 28.3. The lowest BCUT2D eigenvalue weighted by Crippen LogP contribution is -2.72. The summed E-state index contributed by atoms with van der Waals surface area (Å²) in [7, 11) is 3.19. The Balaban J connectivity index is 1.07. The van der Waals surface area contributed by atoms with E-state index in [9.17, 15) is 37.9 Å². The molecule has 1 aromatic heterocycles. The number of thiazole rings is 1. The molecule has 0 bridgehead atoms. The van der Waals surface area contributed by atoms with E-state index in [1.54, 1.807) is 0 Å². The number of β-lactam (4-membered cyclic amide) rings is 1. The van der Waals surface area contributed by atoms with Crippen LogP contribution in [0.4, 0.5) is 34.5 Å². The van der Waals surface area contributed by atoms with Crippen molar-refractivity contribution in [1.82, 2.24) is 20.5 Å². The van der Waals surface area contributed by atoms with E-state index in [2.05, 4.69) is 15.5 Å². The number of hydrogen-bond donors (Lipinski definition) is 3. The van der Waals surface area contributed by atoms with Gasteiger partial charge < -0.3 is 45.2 Å². The maximum atomic E-state index is 15.4. The molecule has 1 unspecified atom stereocenters. The molecule has 53 heavy (non-hydrogen) atoms.